The van der Waals surface area contributed by atoms with E-state index in [9.17, 15) is 24.3 Å². The average molecular weight is 686 g/mol. The summed E-state index contributed by atoms with van der Waals surface area (Å²) in [5.41, 5.74) is 2.19. The molecule has 50 heavy (non-hydrogen) atoms. The number of nitrogens with one attached hydrogen (secondary N) is 1. The van der Waals surface area contributed by atoms with Crippen LogP contribution in [0, 0.1) is 25.7 Å². The summed E-state index contributed by atoms with van der Waals surface area (Å²) < 4.78 is 12.9. The Labute approximate surface area is 295 Å². The summed E-state index contributed by atoms with van der Waals surface area (Å²) in [4.78, 5) is 59.5. The molecule has 0 aromatic heterocycles. The van der Waals surface area contributed by atoms with Gasteiger partial charge in [0.25, 0.3) is 5.91 Å². The number of hydrogen-bond donors (Lipinski definition) is 2. The number of ether oxygens (including phenoxy) is 2. The van der Waals surface area contributed by atoms with Crippen LogP contribution in [-0.2, 0) is 28.7 Å². The number of likely N-dealkylation sites (tertiary alicyclic amines) is 1. The Balaban J connectivity index is 1.46. The molecule has 3 fully saturated rings. The zero-order chi connectivity index (χ0) is 35.8. The monoisotopic (exact) mass is 685 g/mol. The minimum Gasteiger partial charge on any atom is -0.455 e. The second-order valence-corrected chi connectivity index (χ2v) is 13.7. The number of aliphatic hydroxyl groups excluding tert-OH is 1. The second-order valence-electron chi connectivity index (χ2n) is 13.7. The number of allylic oxidation sites excluding steroid dienone is 1. The van der Waals surface area contributed by atoms with Crippen LogP contribution in [0.4, 0.5) is 5.69 Å². The average Bonchev–Trinajstić information content (AvgIpc) is 3.76. The number of carbonyl (C=O) groups excluding carboxylic acids is 4. The van der Waals surface area contributed by atoms with Crippen molar-refractivity contribution >= 4 is 29.4 Å². The normalized spacial score (nSPS) is 24.1. The molecule has 3 aliphatic heterocycles. The van der Waals surface area contributed by atoms with Crippen LogP contribution in [0.25, 0.3) is 0 Å². The van der Waals surface area contributed by atoms with Crippen LogP contribution >= 0.6 is 0 Å². The Morgan fingerprint density at radius 3 is 2.58 bits per heavy atom. The fourth-order valence-electron chi connectivity index (χ4n) is 7.92. The largest absolute Gasteiger partial charge is 0.455 e. The van der Waals surface area contributed by atoms with Crippen molar-refractivity contribution in [2.24, 2.45) is 11.8 Å². The summed E-state index contributed by atoms with van der Waals surface area (Å²) in [5, 5.41) is 12.1. The van der Waals surface area contributed by atoms with Gasteiger partial charge in [0.2, 0.25) is 11.8 Å². The maximum Gasteiger partial charge on any atom is 0.313 e. The molecule has 2 bridgehead atoms. The van der Waals surface area contributed by atoms with Crippen molar-refractivity contribution < 1.29 is 33.8 Å². The first-order valence-electron chi connectivity index (χ1n) is 17.9. The summed E-state index contributed by atoms with van der Waals surface area (Å²) in [6.45, 7) is 12.3. The molecule has 0 aliphatic carbocycles. The van der Waals surface area contributed by atoms with E-state index >= 15 is 0 Å². The molecule has 2 aromatic carbocycles. The number of unbranched alkanes of at least 4 members (excludes halogenated alkanes) is 3. The number of aryl methyl sites for hydroxylation is 2. The smallest absolute Gasteiger partial charge is 0.313 e. The lowest BCUT2D eigenvalue weighted by molar-refractivity contribution is -0.160. The first-order valence-corrected chi connectivity index (χ1v) is 17.9. The SMILES string of the molecule is C=CCCC(=O)NC[C@H](OC(=O)[C@@H]1[C@H]2C(=O)N(CCCCCCO)[C@H](C(=O)N(CC=C)c3cc(C)ccc3C)[C@]23CC[C@H]1O3)c1ccccc1. The number of esters is 1. The minimum atomic E-state index is -1.19. The number of nitrogens with zero attached hydrogens (tertiary/aromatic N) is 2. The molecule has 0 unspecified atom stereocenters. The topological polar surface area (TPSA) is 125 Å². The highest BCUT2D eigenvalue weighted by molar-refractivity contribution is 6.05. The molecule has 10 nitrogen and oxygen atoms in total. The van der Waals surface area contributed by atoms with Crippen LogP contribution in [0.3, 0.4) is 0 Å². The first kappa shape index (κ1) is 37.0. The third-order valence-electron chi connectivity index (χ3n) is 10.3. The highest BCUT2D eigenvalue weighted by Gasteiger charge is 2.75. The highest BCUT2D eigenvalue weighted by atomic mass is 16.6. The molecular formula is C40H51N3O7. The maximum atomic E-state index is 14.9. The fraction of sp³-hybridized carbons (Fsp3) is 0.500. The summed E-state index contributed by atoms with van der Waals surface area (Å²) in [5.74, 6) is -3.08. The molecule has 5 rings (SSSR count). The molecule has 10 heteroatoms. The number of rotatable bonds is 18. The number of hydrogen-bond acceptors (Lipinski definition) is 7. The number of amides is 3. The van der Waals surface area contributed by atoms with Gasteiger partial charge in [-0.25, -0.2) is 0 Å². The van der Waals surface area contributed by atoms with Gasteiger partial charge in [0.1, 0.15) is 17.7 Å². The Kier molecular flexibility index (Phi) is 12.3. The summed E-state index contributed by atoms with van der Waals surface area (Å²) in [6.07, 6.45) is 6.65. The quantitative estimate of drug-likeness (QED) is 0.127. The van der Waals surface area contributed by atoms with E-state index in [-0.39, 0.29) is 43.8 Å². The van der Waals surface area contributed by atoms with Crippen molar-refractivity contribution in [3.8, 4) is 0 Å². The molecule has 2 N–H and O–H groups in total. The van der Waals surface area contributed by atoms with E-state index < -0.39 is 41.7 Å². The molecule has 268 valence electrons. The fourth-order valence-corrected chi connectivity index (χ4v) is 7.92. The molecule has 0 saturated carbocycles. The standard InChI is InChI=1S/C40H51N3O7/c1-5-7-17-33(45)41-26-32(29-15-11-10-12-16-29)49-39(48)34-31-20-21-40(50-31)35(34)37(46)43(23-13-8-9-14-24-44)36(40)38(47)42(22-6-2)30-25-27(3)18-19-28(30)4/h5-6,10-12,15-16,18-19,25,31-32,34-36,44H,1-2,7-9,13-14,17,20-24,26H2,3-4H3,(H,41,45)/t31-,32+,34+,35+,36-,40+/m1/s1. The van der Waals surface area contributed by atoms with Crippen molar-refractivity contribution in [1.82, 2.24) is 10.2 Å². The molecule has 1 spiro atoms. The number of anilines is 1. The molecule has 2 aromatic rings. The third-order valence-corrected chi connectivity index (χ3v) is 10.3. The summed E-state index contributed by atoms with van der Waals surface area (Å²) in [7, 11) is 0. The van der Waals surface area contributed by atoms with E-state index in [2.05, 4.69) is 18.5 Å². The van der Waals surface area contributed by atoms with Gasteiger partial charge < -0.3 is 29.7 Å². The van der Waals surface area contributed by atoms with Crippen molar-refractivity contribution in [1.29, 1.82) is 0 Å². The van der Waals surface area contributed by atoms with Gasteiger partial charge in [-0.05, 0) is 68.7 Å². The van der Waals surface area contributed by atoms with E-state index in [0.717, 1.165) is 29.7 Å². The molecule has 3 amide bonds. The first-order chi connectivity index (χ1) is 24.2. The summed E-state index contributed by atoms with van der Waals surface area (Å²) >= 11 is 0. The van der Waals surface area contributed by atoms with Gasteiger partial charge in [-0.1, -0.05) is 67.5 Å². The number of aliphatic hydroxyl groups is 1. The van der Waals surface area contributed by atoms with E-state index in [4.69, 9.17) is 9.47 Å². The molecular weight excluding hydrogens is 634 g/mol. The zero-order valence-corrected chi connectivity index (χ0v) is 29.4. The number of benzene rings is 2. The van der Waals surface area contributed by atoms with Gasteiger partial charge in [-0.3, -0.25) is 19.2 Å². The predicted octanol–water partition coefficient (Wildman–Crippen LogP) is 5.12. The van der Waals surface area contributed by atoms with Gasteiger partial charge in [-0.2, -0.15) is 0 Å². The molecule has 3 heterocycles. The van der Waals surface area contributed by atoms with Gasteiger partial charge in [0, 0.05) is 31.8 Å². The van der Waals surface area contributed by atoms with Gasteiger partial charge in [0.15, 0.2) is 0 Å². The zero-order valence-electron chi connectivity index (χ0n) is 29.4. The lowest BCUT2D eigenvalue weighted by atomic mass is 9.70. The molecule has 3 aliphatic rings. The Morgan fingerprint density at radius 2 is 1.86 bits per heavy atom. The maximum absolute atomic E-state index is 14.9. The van der Waals surface area contributed by atoms with Crippen molar-refractivity contribution in [3.63, 3.8) is 0 Å². The van der Waals surface area contributed by atoms with Crippen LogP contribution in [0.15, 0.2) is 73.8 Å². The lowest BCUT2D eigenvalue weighted by Crippen LogP contribution is -2.56. The minimum absolute atomic E-state index is 0.0706. The predicted molar refractivity (Wildman–Crippen MR) is 191 cm³/mol. The van der Waals surface area contributed by atoms with Gasteiger partial charge in [-0.15, -0.1) is 13.2 Å². The van der Waals surface area contributed by atoms with E-state index in [0.29, 0.717) is 44.2 Å². The van der Waals surface area contributed by atoms with Crippen LogP contribution < -0.4 is 10.2 Å². The van der Waals surface area contributed by atoms with Crippen molar-refractivity contribution in [2.75, 3.05) is 31.1 Å². The van der Waals surface area contributed by atoms with E-state index in [1.807, 2.05) is 62.4 Å². The second kappa shape index (κ2) is 16.6. The van der Waals surface area contributed by atoms with Gasteiger partial charge in [0.05, 0.1) is 24.5 Å². The van der Waals surface area contributed by atoms with Crippen LogP contribution in [-0.4, -0.2) is 77.7 Å². The Morgan fingerprint density at radius 1 is 1.10 bits per heavy atom. The third kappa shape index (κ3) is 7.56. The number of fused-ring (bicyclic) bond motifs is 1. The van der Waals surface area contributed by atoms with Crippen molar-refractivity contribution in [3.05, 3.63) is 90.5 Å². The van der Waals surface area contributed by atoms with Crippen LogP contribution in [0.2, 0.25) is 0 Å². The molecule has 6 atom stereocenters. The molecule has 3 saturated heterocycles. The van der Waals surface area contributed by atoms with Crippen molar-refractivity contribution in [2.45, 2.75) is 89.1 Å². The van der Waals surface area contributed by atoms with E-state index in [1.54, 1.807) is 22.0 Å². The van der Waals surface area contributed by atoms with Gasteiger partial charge >= 0.3 is 5.97 Å². The Hall–Kier alpha value is -4.28. The van der Waals surface area contributed by atoms with E-state index in [1.165, 1.54) is 0 Å². The lowest BCUT2D eigenvalue weighted by Gasteiger charge is -2.37. The Bertz CT molecular complexity index is 1560. The highest BCUT2D eigenvalue weighted by Crippen LogP contribution is 2.59. The van der Waals surface area contributed by atoms with Crippen LogP contribution in [0.1, 0.15) is 74.2 Å². The van der Waals surface area contributed by atoms with Crippen LogP contribution in [0.5, 0.6) is 0 Å². The molecule has 0 radical (unpaired) electrons. The summed E-state index contributed by atoms with van der Waals surface area (Å²) in [6, 6.07) is 14.2. The number of carbonyl (C=O) groups is 4.